The third kappa shape index (κ3) is 3.12. The lowest BCUT2D eigenvalue weighted by molar-refractivity contribution is -0.700. The Labute approximate surface area is 67.9 Å². The summed E-state index contributed by atoms with van der Waals surface area (Å²) in [5, 5.41) is 0. The van der Waals surface area contributed by atoms with Crippen molar-refractivity contribution < 1.29 is 4.57 Å². The van der Waals surface area contributed by atoms with Gasteiger partial charge in [-0.15, -0.1) is 0 Å². The van der Waals surface area contributed by atoms with E-state index in [-0.39, 0.29) is 0 Å². The van der Waals surface area contributed by atoms with Crippen molar-refractivity contribution in [1.82, 2.24) is 4.98 Å². The standard InChI is InChI=1S/C9H15N2/c1-2-3-4-7-11-8-5-6-10-9-11/h5-6,8-9H,2-4,7H2,1H3/q+1. The Morgan fingerprint density at radius 1 is 1.36 bits per heavy atom. The molecular formula is C9H15N2+. The second-order valence-electron chi connectivity index (χ2n) is 2.70. The van der Waals surface area contributed by atoms with Crippen LogP contribution in [0.1, 0.15) is 26.2 Å². The Balaban J connectivity index is 2.28. The van der Waals surface area contributed by atoms with Gasteiger partial charge >= 0.3 is 0 Å². The topological polar surface area (TPSA) is 16.8 Å². The molecule has 1 aromatic rings. The highest BCUT2D eigenvalue weighted by atomic mass is 15.0. The van der Waals surface area contributed by atoms with Gasteiger partial charge in [-0.05, 0) is 12.8 Å². The molecule has 11 heavy (non-hydrogen) atoms. The molecule has 0 aliphatic rings. The van der Waals surface area contributed by atoms with Crippen LogP contribution in [0.4, 0.5) is 0 Å². The fourth-order valence-electron chi connectivity index (χ4n) is 1.04. The number of hydrogen-bond donors (Lipinski definition) is 0. The molecule has 2 nitrogen and oxygen atoms in total. The molecule has 1 aromatic heterocycles. The summed E-state index contributed by atoms with van der Waals surface area (Å²) >= 11 is 0. The first kappa shape index (κ1) is 8.18. The van der Waals surface area contributed by atoms with E-state index in [0.717, 1.165) is 6.54 Å². The van der Waals surface area contributed by atoms with E-state index in [4.69, 9.17) is 0 Å². The number of nitrogens with zero attached hydrogens (tertiary/aromatic N) is 2. The maximum Gasteiger partial charge on any atom is 0.286 e. The molecule has 60 valence electrons. The second-order valence-corrected chi connectivity index (χ2v) is 2.70. The summed E-state index contributed by atoms with van der Waals surface area (Å²) in [4.78, 5) is 4.03. The predicted octanol–water partition coefficient (Wildman–Crippen LogP) is 1.56. The van der Waals surface area contributed by atoms with Crippen LogP contribution in [0.3, 0.4) is 0 Å². The van der Waals surface area contributed by atoms with Gasteiger partial charge in [-0.2, -0.15) is 0 Å². The summed E-state index contributed by atoms with van der Waals surface area (Å²) < 4.78 is 2.12. The Kier molecular flexibility index (Phi) is 3.59. The van der Waals surface area contributed by atoms with E-state index >= 15 is 0 Å². The highest BCUT2D eigenvalue weighted by molar-refractivity contribution is 4.68. The minimum atomic E-state index is 1.10. The van der Waals surface area contributed by atoms with Crippen molar-refractivity contribution in [2.45, 2.75) is 32.7 Å². The zero-order valence-corrected chi connectivity index (χ0v) is 7.03. The molecule has 0 N–H and O–H groups in total. The molecule has 0 amide bonds. The molecule has 0 aromatic carbocycles. The first-order valence-electron chi connectivity index (χ1n) is 4.22. The third-order valence-corrected chi connectivity index (χ3v) is 1.68. The van der Waals surface area contributed by atoms with Crippen LogP contribution < -0.4 is 4.57 Å². The van der Waals surface area contributed by atoms with Gasteiger partial charge in [-0.3, -0.25) is 0 Å². The highest BCUT2D eigenvalue weighted by Gasteiger charge is 1.93. The van der Waals surface area contributed by atoms with E-state index in [1.54, 1.807) is 6.20 Å². The number of hydrogen-bond acceptors (Lipinski definition) is 1. The molecule has 0 spiro atoms. The normalized spacial score (nSPS) is 9.91. The largest absolute Gasteiger partial charge is 0.286 e. The summed E-state index contributed by atoms with van der Waals surface area (Å²) in [6, 6.07) is 1.96. The lowest BCUT2D eigenvalue weighted by atomic mass is 10.2. The van der Waals surface area contributed by atoms with Crippen LogP contribution in [0.2, 0.25) is 0 Å². The van der Waals surface area contributed by atoms with Gasteiger partial charge < -0.3 is 0 Å². The minimum Gasteiger partial charge on any atom is -0.237 e. The molecule has 1 rings (SSSR count). The molecule has 0 bridgehead atoms. The quantitative estimate of drug-likeness (QED) is 0.471. The molecule has 0 aliphatic heterocycles. The van der Waals surface area contributed by atoms with Gasteiger partial charge in [0.15, 0.2) is 0 Å². The first-order chi connectivity index (χ1) is 5.43. The number of aryl methyl sites for hydroxylation is 1. The minimum absolute atomic E-state index is 1.10. The average Bonchev–Trinajstić information content (AvgIpc) is 2.07. The molecular weight excluding hydrogens is 136 g/mol. The van der Waals surface area contributed by atoms with Crippen molar-refractivity contribution in [1.29, 1.82) is 0 Å². The fraction of sp³-hybridized carbons (Fsp3) is 0.556. The van der Waals surface area contributed by atoms with Crippen molar-refractivity contribution in [3.8, 4) is 0 Å². The van der Waals surface area contributed by atoms with Crippen LogP contribution in [0.25, 0.3) is 0 Å². The van der Waals surface area contributed by atoms with Gasteiger partial charge in [0.25, 0.3) is 6.33 Å². The number of aromatic nitrogens is 2. The third-order valence-electron chi connectivity index (χ3n) is 1.68. The second kappa shape index (κ2) is 4.83. The van der Waals surface area contributed by atoms with Crippen molar-refractivity contribution in [2.24, 2.45) is 0 Å². The van der Waals surface area contributed by atoms with Gasteiger partial charge in [0.2, 0.25) is 0 Å². The molecule has 2 heteroatoms. The summed E-state index contributed by atoms with van der Waals surface area (Å²) in [6.07, 6.45) is 9.57. The lowest BCUT2D eigenvalue weighted by Gasteiger charge is -1.95. The average molecular weight is 151 g/mol. The van der Waals surface area contributed by atoms with E-state index in [0.29, 0.717) is 0 Å². The summed E-state index contributed by atoms with van der Waals surface area (Å²) in [5.74, 6) is 0. The Bertz CT molecular complexity index is 184. The Morgan fingerprint density at radius 2 is 2.27 bits per heavy atom. The van der Waals surface area contributed by atoms with Gasteiger partial charge in [0, 0.05) is 6.07 Å². The van der Waals surface area contributed by atoms with Gasteiger partial charge in [-0.25, -0.2) is 4.57 Å². The van der Waals surface area contributed by atoms with Crippen LogP contribution >= 0.6 is 0 Å². The lowest BCUT2D eigenvalue weighted by Crippen LogP contribution is -2.32. The predicted molar refractivity (Wildman–Crippen MR) is 44.0 cm³/mol. The molecule has 0 saturated heterocycles. The summed E-state index contributed by atoms with van der Waals surface area (Å²) in [6.45, 7) is 3.32. The van der Waals surface area contributed by atoms with Gasteiger partial charge in [0.1, 0.15) is 6.20 Å². The van der Waals surface area contributed by atoms with Gasteiger partial charge in [0.05, 0.1) is 12.7 Å². The molecule has 0 unspecified atom stereocenters. The smallest absolute Gasteiger partial charge is 0.237 e. The highest BCUT2D eigenvalue weighted by Crippen LogP contribution is 1.92. The van der Waals surface area contributed by atoms with E-state index in [1.807, 2.05) is 12.4 Å². The van der Waals surface area contributed by atoms with E-state index in [2.05, 4.69) is 22.7 Å². The number of rotatable bonds is 4. The van der Waals surface area contributed by atoms with Crippen LogP contribution in [0, 0.1) is 0 Å². The summed E-state index contributed by atoms with van der Waals surface area (Å²) in [7, 11) is 0. The maximum absolute atomic E-state index is 4.03. The molecule has 0 atom stereocenters. The fourth-order valence-corrected chi connectivity index (χ4v) is 1.04. The van der Waals surface area contributed by atoms with Crippen molar-refractivity contribution in [3.05, 3.63) is 24.8 Å². The molecule has 0 aliphatic carbocycles. The van der Waals surface area contributed by atoms with Crippen LogP contribution in [-0.2, 0) is 6.54 Å². The maximum atomic E-state index is 4.03. The van der Waals surface area contributed by atoms with Crippen LogP contribution in [0.5, 0.6) is 0 Å². The first-order valence-corrected chi connectivity index (χ1v) is 4.22. The van der Waals surface area contributed by atoms with E-state index < -0.39 is 0 Å². The molecule has 0 radical (unpaired) electrons. The number of unbranched alkanes of at least 4 members (excludes halogenated alkanes) is 2. The Hall–Kier alpha value is -0.920. The monoisotopic (exact) mass is 151 g/mol. The molecule has 1 heterocycles. The van der Waals surface area contributed by atoms with Crippen LogP contribution in [0.15, 0.2) is 24.8 Å². The van der Waals surface area contributed by atoms with Crippen molar-refractivity contribution in [2.75, 3.05) is 0 Å². The van der Waals surface area contributed by atoms with Crippen molar-refractivity contribution in [3.63, 3.8) is 0 Å². The van der Waals surface area contributed by atoms with E-state index in [9.17, 15) is 0 Å². The molecule has 0 saturated carbocycles. The van der Waals surface area contributed by atoms with Crippen LogP contribution in [-0.4, -0.2) is 4.98 Å². The van der Waals surface area contributed by atoms with E-state index in [1.165, 1.54) is 19.3 Å². The Morgan fingerprint density at radius 3 is 2.91 bits per heavy atom. The zero-order valence-electron chi connectivity index (χ0n) is 7.03. The summed E-state index contributed by atoms with van der Waals surface area (Å²) in [5.41, 5.74) is 0. The van der Waals surface area contributed by atoms with Gasteiger partial charge in [-0.1, -0.05) is 18.3 Å². The molecule has 0 fully saturated rings. The van der Waals surface area contributed by atoms with Crippen molar-refractivity contribution >= 4 is 0 Å². The SMILES string of the molecule is CCCCC[n+]1cccnc1. The zero-order chi connectivity index (χ0) is 7.94.